The molecule has 0 saturated carbocycles. The molecule has 1 unspecified atom stereocenters. The lowest BCUT2D eigenvalue weighted by molar-refractivity contribution is -0.144. The van der Waals surface area contributed by atoms with Crippen LogP contribution in [-0.4, -0.2) is 146 Å². The molecule has 2 fully saturated rings. The average molecular weight is 1100 g/mol. The van der Waals surface area contributed by atoms with Crippen LogP contribution in [0.25, 0.3) is 21.3 Å². The van der Waals surface area contributed by atoms with Gasteiger partial charge in [0, 0.05) is 84.7 Å². The van der Waals surface area contributed by atoms with E-state index in [1.165, 1.54) is 4.90 Å². The number of nitriles is 1. The lowest BCUT2D eigenvalue weighted by Gasteiger charge is -2.38. The molecule has 422 valence electrons. The van der Waals surface area contributed by atoms with E-state index in [1.807, 2.05) is 69.6 Å². The second kappa shape index (κ2) is 26.2. The molecule has 2 aromatic heterocycles. The number of likely N-dealkylation sites (tertiary alicyclic amines) is 1. The molecule has 19 heteroatoms. The number of hydrogen-bond acceptors (Lipinski definition) is 14. The van der Waals surface area contributed by atoms with Crippen LogP contribution < -0.4 is 20.9 Å². The third-order valence-electron chi connectivity index (χ3n) is 15.3. The summed E-state index contributed by atoms with van der Waals surface area (Å²) in [5.74, 6) is -1.21. The van der Waals surface area contributed by atoms with Gasteiger partial charge in [0.15, 0.2) is 5.78 Å². The minimum Gasteiger partial charge on any atom is -0.391 e. The molecule has 3 aromatic carbocycles. The van der Waals surface area contributed by atoms with Gasteiger partial charge in [0.1, 0.15) is 12.1 Å². The fourth-order valence-corrected chi connectivity index (χ4v) is 11.6. The maximum atomic E-state index is 14.1. The van der Waals surface area contributed by atoms with Gasteiger partial charge in [-0.05, 0) is 78.1 Å². The summed E-state index contributed by atoms with van der Waals surface area (Å²) in [6.07, 6.45) is 1.87. The van der Waals surface area contributed by atoms with Gasteiger partial charge in [0.25, 0.3) is 0 Å². The highest BCUT2D eigenvalue weighted by molar-refractivity contribution is 7.13. The van der Waals surface area contributed by atoms with Gasteiger partial charge in [0.05, 0.1) is 92.2 Å². The van der Waals surface area contributed by atoms with Crippen molar-refractivity contribution in [3.63, 3.8) is 0 Å². The van der Waals surface area contributed by atoms with Crippen molar-refractivity contribution in [3.8, 4) is 16.5 Å². The van der Waals surface area contributed by atoms with E-state index in [0.29, 0.717) is 44.2 Å². The number of H-pyrrole nitrogens is 1. The predicted octanol–water partition coefficient (Wildman–Crippen LogP) is 6.64. The number of benzene rings is 3. The highest BCUT2D eigenvalue weighted by Gasteiger charge is 2.45. The summed E-state index contributed by atoms with van der Waals surface area (Å²) in [6, 6.07) is 18.0. The molecule has 4 heterocycles. The maximum absolute atomic E-state index is 14.1. The maximum Gasteiger partial charge on any atom is 0.246 e. The molecule has 1 aliphatic carbocycles. The van der Waals surface area contributed by atoms with Crippen LogP contribution in [0.4, 0.5) is 5.69 Å². The molecule has 2 aliphatic heterocycles. The molecule has 8 rings (SSSR count). The zero-order valence-corrected chi connectivity index (χ0v) is 47.4. The van der Waals surface area contributed by atoms with Crippen molar-refractivity contribution < 1.29 is 48.0 Å². The number of anilines is 1. The van der Waals surface area contributed by atoms with E-state index < -0.39 is 34.9 Å². The molecular formula is C60H76N8O10S. The number of aryl methyl sites for hydroxylation is 2. The van der Waals surface area contributed by atoms with Gasteiger partial charge < -0.3 is 54.8 Å². The Balaban J connectivity index is 0.657. The van der Waals surface area contributed by atoms with E-state index in [4.69, 9.17) is 18.9 Å². The molecule has 5 aromatic rings. The summed E-state index contributed by atoms with van der Waals surface area (Å²) >= 11 is 1.57. The third-order valence-corrected chi connectivity index (χ3v) is 16.3. The highest BCUT2D eigenvalue weighted by Crippen LogP contribution is 2.46. The zero-order chi connectivity index (χ0) is 56.4. The largest absolute Gasteiger partial charge is 0.391 e. The minimum atomic E-state index is -0.939. The van der Waals surface area contributed by atoms with Crippen LogP contribution in [0.3, 0.4) is 0 Å². The quantitative estimate of drug-likeness (QED) is 0.0408. The number of amides is 4. The van der Waals surface area contributed by atoms with Crippen molar-refractivity contribution in [3.05, 3.63) is 105 Å². The number of hydrogen-bond donors (Lipinski definition) is 5. The van der Waals surface area contributed by atoms with Gasteiger partial charge >= 0.3 is 0 Å². The Morgan fingerprint density at radius 2 is 1.56 bits per heavy atom. The molecule has 5 N–H and O–H groups in total. The summed E-state index contributed by atoms with van der Waals surface area (Å²) < 4.78 is 22.5. The minimum absolute atomic E-state index is 0.00576. The van der Waals surface area contributed by atoms with E-state index in [2.05, 4.69) is 69.8 Å². The van der Waals surface area contributed by atoms with E-state index in [1.54, 1.807) is 17.4 Å². The SMILES string of the molecule is CCc1cc2c(cc1N1CCC(NC(=O)CCOCCOCCOCCOCCC(=O)NC(C(=O)N3C[C@H](O)C[C@H]3C(=O)NCc3ccc(-c4scnc4C)cc3)C(C)(C)C)CC1)C(C)(C)c1[nH]c3cc(C#N)ccc3c1C2=O. The van der Waals surface area contributed by atoms with Crippen LogP contribution in [-0.2, 0) is 56.5 Å². The Hall–Kier alpha value is -6.53. The lowest BCUT2D eigenvalue weighted by Crippen LogP contribution is -2.57. The number of ether oxygens (including phenoxy) is 4. The number of rotatable bonds is 24. The summed E-state index contributed by atoms with van der Waals surface area (Å²) in [7, 11) is 0. The average Bonchev–Trinajstić information content (AvgIpc) is 4.32. The number of thiazole rings is 1. The van der Waals surface area contributed by atoms with Gasteiger partial charge in [0.2, 0.25) is 23.6 Å². The summed E-state index contributed by atoms with van der Waals surface area (Å²) in [5.41, 5.74) is 10.4. The van der Waals surface area contributed by atoms with Crippen LogP contribution in [0.5, 0.6) is 0 Å². The van der Waals surface area contributed by atoms with Gasteiger partial charge in [-0.1, -0.05) is 71.9 Å². The number of aliphatic hydroxyl groups is 1. The summed E-state index contributed by atoms with van der Waals surface area (Å²) in [4.78, 5) is 80.1. The lowest BCUT2D eigenvalue weighted by atomic mass is 9.70. The first-order chi connectivity index (χ1) is 37.9. The molecule has 0 spiro atoms. The van der Waals surface area contributed by atoms with Gasteiger partial charge in [-0.2, -0.15) is 5.26 Å². The molecule has 3 atom stereocenters. The van der Waals surface area contributed by atoms with Crippen molar-refractivity contribution in [2.24, 2.45) is 5.41 Å². The molecule has 79 heavy (non-hydrogen) atoms. The van der Waals surface area contributed by atoms with E-state index in [-0.39, 0.29) is 81.7 Å². The fraction of sp³-hybridized carbons (Fsp3) is 0.517. The Kier molecular flexibility index (Phi) is 19.4. The first kappa shape index (κ1) is 58.6. The highest BCUT2D eigenvalue weighted by atomic mass is 32.1. The number of nitrogens with zero attached hydrogens (tertiary/aromatic N) is 4. The van der Waals surface area contributed by atoms with E-state index >= 15 is 0 Å². The Morgan fingerprint density at radius 3 is 2.16 bits per heavy atom. The number of ketones is 1. The smallest absolute Gasteiger partial charge is 0.246 e. The van der Waals surface area contributed by atoms with Crippen molar-refractivity contribution in [1.29, 1.82) is 5.26 Å². The van der Waals surface area contributed by atoms with Crippen LogP contribution in [0.2, 0.25) is 0 Å². The number of piperidine rings is 1. The topological polar surface area (TPSA) is 238 Å². The van der Waals surface area contributed by atoms with Crippen LogP contribution in [0, 0.1) is 23.7 Å². The van der Waals surface area contributed by atoms with Crippen LogP contribution in [0.15, 0.2) is 60.1 Å². The summed E-state index contributed by atoms with van der Waals surface area (Å²) in [5, 5.41) is 29.9. The Labute approximate surface area is 466 Å². The molecule has 18 nitrogen and oxygen atoms in total. The van der Waals surface area contributed by atoms with E-state index in [9.17, 15) is 34.3 Å². The standard InChI is InChI=1S/C60H76N8O10S/c1-8-40-30-45-46(60(6,7)55-52(53(45)72)44-14-11-39(33-61)29-47(44)65-55)32-48(40)67-19-15-42(16-20-67)64-50(70)17-21-75-23-25-77-27-28-78-26-24-76-22-18-51(71)66-56(59(3,4)5)58(74)68-35-43(69)31-49(68)57(73)62-34-38-9-12-41(13-10-38)54-37(2)63-36-79-54/h9-14,29-30,32,36,42-43,49,56,65,69H,8,15-28,31,34-35H2,1-7H3,(H,62,73)(H,64,70)(H,66,71)/t43-,49+,56?/m1/s1. The van der Waals surface area contributed by atoms with Crippen molar-refractivity contribution in [1.82, 2.24) is 30.8 Å². The third kappa shape index (κ3) is 14.1. The van der Waals surface area contributed by atoms with Crippen molar-refractivity contribution >= 4 is 57.3 Å². The number of carbonyl (C=O) groups is 5. The number of fused-ring (bicyclic) bond motifs is 4. The molecule has 4 amide bonds. The molecular weight excluding hydrogens is 1020 g/mol. The Bertz CT molecular complexity index is 3020. The Morgan fingerprint density at radius 1 is 0.911 bits per heavy atom. The number of aromatic amines is 1. The van der Waals surface area contributed by atoms with E-state index in [0.717, 1.165) is 93.0 Å². The first-order valence-corrected chi connectivity index (χ1v) is 28.4. The van der Waals surface area contributed by atoms with Gasteiger partial charge in [-0.3, -0.25) is 24.0 Å². The molecule has 3 aliphatic rings. The van der Waals surface area contributed by atoms with Gasteiger partial charge in [-0.15, -0.1) is 11.3 Å². The normalized spacial score (nSPS) is 17.5. The number of aliphatic hydroxyl groups excluding tert-OH is 1. The van der Waals surface area contributed by atoms with Gasteiger partial charge in [-0.25, -0.2) is 4.98 Å². The molecule has 0 bridgehead atoms. The molecule has 0 radical (unpaired) electrons. The van der Waals surface area contributed by atoms with Crippen LogP contribution in [0.1, 0.15) is 123 Å². The first-order valence-electron chi connectivity index (χ1n) is 27.6. The zero-order valence-electron chi connectivity index (χ0n) is 46.6. The number of aromatic nitrogens is 2. The number of nitrogens with one attached hydrogen (secondary N) is 4. The molecule has 2 saturated heterocycles. The van der Waals surface area contributed by atoms with Crippen molar-refractivity contribution in [2.75, 3.05) is 77.4 Å². The predicted molar refractivity (Wildman–Crippen MR) is 302 cm³/mol. The second-order valence-corrected chi connectivity index (χ2v) is 23.2. The number of β-amino-alcohol motifs (C(OH)–C–C–N with tert-alkyl or cyclic N) is 1. The number of carbonyl (C=O) groups excluding carboxylic acids is 5. The second-order valence-electron chi connectivity index (χ2n) is 22.3. The fourth-order valence-electron chi connectivity index (χ4n) is 10.8. The van der Waals surface area contributed by atoms with Crippen molar-refractivity contribution in [2.45, 2.75) is 123 Å². The van der Waals surface area contributed by atoms with Crippen LogP contribution >= 0.6 is 11.3 Å². The monoisotopic (exact) mass is 1100 g/mol. The summed E-state index contributed by atoms with van der Waals surface area (Å²) in [6.45, 7) is 18.0.